The van der Waals surface area contributed by atoms with Gasteiger partial charge in [-0.2, -0.15) is 0 Å². The summed E-state index contributed by atoms with van der Waals surface area (Å²) in [6.07, 6.45) is 34.1. The summed E-state index contributed by atoms with van der Waals surface area (Å²) in [6, 6.07) is 8.55. The highest BCUT2D eigenvalue weighted by molar-refractivity contribution is 5.36. The van der Waals surface area contributed by atoms with Crippen molar-refractivity contribution >= 4 is 0 Å². The number of benzene rings is 1. The predicted molar refractivity (Wildman–Crippen MR) is 155 cm³/mol. The molecule has 0 fully saturated rings. The van der Waals surface area contributed by atoms with E-state index < -0.39 is 0 Å². The molecule has 0 bridgehead atoms. The summed E-state index contributed by atoms with van der Waals surface area (Å²) in [6.45, 7) is 6.52. The third-order valence-electron chi connectivity index (χ3n) is 7.36. The zero-order chi connectivity index (χ0) is 25.5. The van der Waals surface area contributed by atoms with E-state index in [1.54, 1.807) is 0 Å². The van der Waals surface area contributed by atoms with Gasteiger partial charge in [-0.05, 0) is 43.5 Å². The van der Waals surface area contributed by atoms with Crippen molar-refractivity contribution in [2.24, 2.45) is 0 Å². The Kier molecular flexibility index (Phi) is 21.7. The molecule has 1 heterocycles. The SMILES string of the molecule is CCCCCCCCCCCCOc1ccc(-n2cc[n+](CCCCCCCCCCCC)c2)cc1.[Br-]. The molecular formula is C33H57BrN2O. The van der Waals surface area contributed by atoms with Crippen LogP contribution in [0.15, 0.2) is 43.0 Å². The molecule has 0 unspecified atom stereocenters. The lowest BCUT2D eigenvalue weighted by atomic mass is 10.1. The summed E-state index contributed by atoms with van der Waals surface area (Å²) in [5, 5.41) is 0. The van der Waals surface area contributed by atoms with Crippen LogP contribution < -0.4 is 26.3 Å². The van der Waals surface area contributed by atoms with Crippen LogP contribution in [0.5, 0.6) is 5.75 Å². The molecular weight excluding hydrogens is 520 g/mol. The summed E-state index contributed by atoms with van der Waals surface area (Å²) < 4.78 is 10.5. The standard InChI is InChI=1S/C33H57N2O.BrH/c1-3-5-7-9-11-13-15-17-19-21-27-34-28-29-35(31-34)32-23-25-33(26-24-32)36-30-22-20-18-16-14-12-10-8-6-4-2;/h23-26,28-29,31H,3-22,27,30H2,1-2H3;1H/q+1;/p-1. The van der Waals surface area contributed by atoms with E-state index in [1.165, 1.54) is 128 Å². The molecule has 0 saturated carbocycles. The molecule has 0 amide bonds. The van der Waals surface area contributed by atoms with Gasteiger partial charge in [0, 0.05) is 0 Å². The molecule has 212 valence electrons. The lowest BCUT2D eigenvalue weighted by Gasteiger charge is -2.06. The Bertz CT molecular complexity index is 743. The molecule has 1 aromatic carbocycles. The van der Waals surface area contributed by atoms with E-state index >= 15 is 0 Å². The van der Waals surface area contributed by atoms with Gasteiger partial charge in [-0.25, -0.2) is 9.13 Å². The molecule has 0 aliphatic heterocycles. The number of aromatic nitrogens is 2. The smallest absolute Gasteiger partial charge is 0.248 e. The molecule has 0 spiro atoms. The number of hydrogen-bond donors (Lipinski definition) is 0. The van der Waals surface area contributed by atoms with E-state index in [2.05, 4.69) is 66.0 Å². The number of aryl methyl sites for hydroxylation is 1. The predicted octanol–water partition coefficient (Wildman–Crippen LogP) is 6.99. The Morgan fingerprint density at radius 3 is 1.57 bits per heavy atom. The Labute approximate surface area is 240 Å². The van der Waals surface area contributed by atoms with Crippen molar-refractivity contribution in [2.45, 2.75) is 149 Å². The van der Waals surface area contributed by atoms with Crippen LogP contribution in [0.3, 0.4) is 0 Å². The van der Waals surface area contributed by atoms with Gasteiger partial charge in [-0.3, -0.25) is 0 Å². The summed E-state index contributed by atoms with van der Waals surface area (Å²) in [5.41, 5.74) is 1.20. The van der Waals surface area contributed by atoms with E-state index in [4.69, 9.17) is 4.74 Å². The summed E-state index contributed by atoms with van der Waals surface area (Å²) in [7, 11) is 0. The third kappa shape index (κ3) is 17.0. The summed E-state index contributed by atoms with van der Waals surface area (Å²) in [4.78, 5) is 0. The van der Waals surface area contributed by atoms with Gasteiger partial charge < -0.3 is 21.7 Å². The Balaban J connectivity index is 0.00000684. The van der Waals surface area contributed by atoms with Crippen molar-refractivity contribution < 1.29 is 26.3 Å². The normalized spacial score (nSPS) is 11.0. The Morgan fingerprint density at radius 1 is 0.595 bits per heavy atom. The number of nitrogens with zero attached hydrogens (tertiary/aromatic N) is 2. The van der Waals surface area contributed by atoms with Crippen molar-refractivity contribution in [3.05, 3.63) is 43.0 Å². The van der Waals surface area contributed by atoms with Gasteiger partial charge >= 0.3 is 0 Å². The topological polar surface area (TPSA) is 18.0 Å². The molecule has 0 atom stereocenters. The maximum absolute atomic E-state index is 5.98. The van der Waals surface area contributed by atoms with Gasteiger partial charge in [0.15, 0.2) is 0 Å². The molecule has 0 aliphatic rings. The van der Waals surface area contributed by atoms with Crippen LogP contribution in [0, 0.1) is 0 Å². The fourth-order valence-corrected chi connectivity index (χ4v) is 4.96. The first-order chi connectivity index (χ1) is 17.8. The molecule has 2 aromatic rings. The molecule has 0 saturated heterocycles. The fraction of sp³-hybridized carbons (Fsp3) is 0.727. The van der Waals surface area contributed by atoms with Crippen molar-refractivity contribution in [3.63, 3.8) is 0 Å². The Morgan fingerprint density at radius 2 is 1.05 bits per heavy atom. The molecule has 3 nitrogen and oxygen atoms in total. The highest BCUT2D eigenvalue weighted by atomic mass is 79.9. The first-order valence-electron chi connectivity index (χ1n) is 15.6. The number of hydrogen-bond acceptors (Lipinski definition) is 1. The van der Waals surface area contributed by atoms with Gasteiger partial charge in [-0.15, -0.1) is 0 Å². The maximum atomic E-state index is 5.98. The highest BCUT2D eigenvalue weighted by Crippen LogP contribution is 2.16. The summed E-state index contributed by atoms with van der Waals surface area (Å²) in [5.74, 6) is 0.986. The minimum absolute atomic E-state index is 0. The van der Waals surface area contributed by atoms with E-state index in [1.807, 2.05) is 0 Å². The molecule has 37 heavy (non-hydrogen) atoms. The highest BCUT2D eigenvalue weighted by Gasteiger charge is 2.07. The van der Waals surface area contributed by atoms with E-state index in [0.717, 1.165) is 25.3 Å². The number of ether oxygens (including phenoxy) is 1. The lowest BCUT2D eigenvalue weighted by molar-refractivity contribution is -0.696. The van der Waals surface area contributed by atoms with Crippen LogP contribution in [0.2, 0.25) is 0 Å². The van der Waals surface area contributed by atoms with Crippen molar-refractivity contribution in [3.8, 4) is 11.4 Å². The van der Waals surface area contributed by atoms with Crippen LogP contribution in [-0.4, -0.2) is 11.2 Å². The number of halogens is 1. The molecule has 0 N–H and O–H groups in total. The van der Waals surface area contributed by atoms with Crippen LogP contribution in [0.4, 0.5) is 0 Å². The fourth-order valence-electron chi connectivity index (χ4n) is 4.96. The van der Waals surface area contributed by atoms with Crippen LogP contribution >= 0.6 is 0 Å². The monoisotopic (exact) mass is 576 g/mol. The van der Waals surface area contributed by atoms with Gasteiger partial charge in [0.1, 0.15) is 23.8 Å². The molecule has 4 heteroatoms. The number of unbranched alkanes of at least 4 members (excludes halogenated alkanes) is 18. The van der Waals surface area contributed by atoms with E-state index in [0.29, 0.717) is 0 Å². The minimum Gasteiger partial charge on any atom is -1.00 e. The minimum atomic E-state index is 0. The van der Waals surface area contributed by atoms with Crippen molar-refractivity contribution in [1.82, 2.24) is 4.57 Å². The average Bonchev–Trinajstić information content (AvgIpc) is 3.38. The quantitative estimate of drug-likeness (QED) is 0.0972. The van der Waals surface area contributed by atoms with Gasteiger partial charge in [-0.1, -0.05) is 123 Å². The second kappa shape index (κ2) is 23.8. The average molecular weight is 578 g/mol. The van der Waals surface area contributed by atoms with Crippen LogP contribution in [0.1, 0.15) is 142 Å². The van der Waals surface area contributed by atoms with Crippen molar-refractivity contribution in [1.29, 1.82) is 0 Å². The lowest BCUT2D eigenvalue weighted by Crippen LogP contribution is -3.00. The zero-order valence-electron chi connectivity index (χ0n) is 24.3. The number of imidazole rings is 1. The van der Waals surface area contributed by atoms with Crippen molar-refractivity contribution in [2.75, 3.05) is 6.61 Å². The zero-order valence-corrected chi connectivity index (χ0v) is 25.9. The maximum Gasteiger partial charge on any atom is 0.248 e. The van der Waals surface area contributed by atoms with Gasteiger partial charge in [0.05, 0.1) is 13.2 Å². The molecule has 1 aromatic heterocycles. The second-order valence-electron chi connectivity index (χ2n) is 10.8. The largest absolute Gasteiger partial charge is 1.00 e. The molecule has 0 aliphatic carbocycles. The number of rotatable bonds is 24. The second-order valence-corrected chi connectivity index (χ2v) is 10.8. The Hall–Kier alpha value is -1.29. The third-order valence-corrected chi connectivity index (χ3v) is 7.36. The van der Waals surface area contributed by atoms with Crippen LogP contribution in [0.25, 0.3) is 5.69 Å². The summed E-state index contributed by atoms with van der Waals surface area (Å²) >= 11 is 0. The van der Waals surface area contributed by atoms with Crippen LogP contribution in [-0.2, 0) is 6.54 Å². The van der Waals surface area contributed by atoms with Gasteiger partial charge in [0.25, 0.3) is 0 Å². The first-order valence-corrected chi connectivity index (χ1v) is 15.6. The van der Waals surface area contributed by atoms with Gasteiger partial charge in [0.2, 0.25) is 6.33 Å². The molecule has 2 rings (SSSR count). The molecule has 0 radical (unpaired) electrons. The van der Waals surface area contributed by atoms with E-state index in [-0.39, 0.29) is 17.0 Å². The first kappa shape index (κ1) is 33.7. The van der Waals surface area contributed by atoms with E-state index in [9.17, 15) is 0 Å².